The fourth-order valence-corrected chi connectivity index (χ4v) is 3.77. The molecule has 0 saturated carbocycles. The number of nitrogens with zero attached hydrogens (tertiary/aromatic N) is 3. The van der Waals surface area contributed by atoms with Gasteiger partial charge in [-0.05, 0) is 31.0 Å². The molecular weight excluding hydrogens is 403 g/mol. The molecule has 1 aliphatic heterocycles. The molecule has 3 N–H and O–H groups in total. The summed E-state index contributed by atoms with van der Waals surface area (Å²) in [6.07, 6.45) is -0.609. The van der Waals surface area contributed by atoms with Gasteiger partial charge in [0.05, 0.1) is 40.8 Å². The molecule has 1 aromatic heterocycles. The van der Waals surface area contributed by atoms with Gasteiger partial charge in [-0.15, -0.1) is 0 Å². The van der Waals surface area contributed by atoms with Gasteiger partial charge in [0, 0.05) is 17.1 Å². The Morgan fingerprint density at radius 3 is 2.50 bits per heavy atom. The van der Waals surface area contributed by atoms with Crippen LogP contribution >= 0.6 is 23.2 Å². The summed E-state index contributed by atoms with van der Waals surface area (Å²) in [5.41, 5.74) is 2.94. The van der Waals surface area contributed by atoms with E-state index in [4.69, 9.17) is 38.3 Å². The van der Waals surface area contributed by atoms with Gasteiger partial charge in [0.25, 0.3) is 0 Å². The summed E-state index contributed by atoms with van der Waals surface area (Å²) < 4.78 is 0. The van der Waals surface area contributed by atoms with E-state index in [1.54, 1.807) is 12.1 Å². The lowest BCUT2D eigenvalue weighted by Crippen LogP contribution is -2.33. The molecule has 9 heteroatoms. The highest BCUT2D eigenvalue weighted by Gasteiger charge is 2.34. The third-order valence-electron chi connectivity index (χ3n) is 4.78. The topological polar surface area (TPSA) is 98.6 Å². The van der Waals surface area contributed by atoms with Crippen LogP contribution in [0.25, 0.3) is 11.3 Å². The molecule has 2 heterocycles. The number of benzene rings is 1. The summed E-state index contributed by atoms with van der Waals surface area (Å²) in [6, 6.07) is 4.82. The Hall–Kier alpha value is -2.09. The van der Waals surface area contributed by atoms with Crippen LogP contribution in [0.5, 0.6) is 0 Å². The second kappa shape index (κ2) is 8.51. The second-order valence-corrected chi connectivity index (χ2v) is 7.49. The molecule has 3 rings (SSSR count). The van der Waals surface area contributed by atoms with E-state index >= 15 is 0 Å². The van der Waals surface area contributed by atoms with Crippen LogP contribution in [0.4, 0.5) is 10.6 Å². The van der Waals surface area contributed by atoms with Crippen molar-refractivity contribution < 1.29 is 15.0 Å². The number of hydrogen-bond acceptors (Lipinski definition) is 5. The summed E-state index contributed by atoms with van der Waals surface area (Å²) in [6.45, 7) is 4.19. The number of likely N-dealkylation sites (tertiary alicyclic amines) is 1. The number of rotatable bonds is 5. The minimum absolute atomic E-state index is 0.0704. The van der Waals surface area contributed by atoms with E-state index in [0.717, 1.165) is 17.0 Å². The molecular formula is C19H22Cl2N4O3. The molecule has 0 spiro atoms. The first kappa shape index (κ1) is 20.6. The van der Waals surface area contributed by atoms with Crippen molar-refractivity contribution in [1.82, 2.24) is 14.9 Å². The van der Waals surface area contributed by atoms with Gasteiger partial charge in [-0.1, -0.05) is 37.0 Å². The van der Waals surface area contributed by atoms with Crippen LogP contribution in [0.15, 0.2) is 18.2 Å². The quantitative estimate of drug-likeness (QED) is 0.676. The largest absolute Gasteiger partial charge is 0.465 e. The summed E-state index contributed by atoms with van der Waals surface area (Å²) in [7, 11) is 0. The van der Waals surface area contributed by atoms with Gasteiger partial charge in [0.15, 0.2) is 0 Å². The van der Waals surface area contributed by atoms with Gasteiger partial charge in [0.1, 0.15) is 5.82 Å². The Balaban J connectivity index is 1.96. The van der Waals surface area contributed by atoms with Crippen molar-refractivity contribution in [2.45, 2.75) is 38.8 Å². The number of anilines is 1. The van der Waals surface area contributed by atoms with Crippen molar-refractivity contribution >= 4 is 35.1 Å². The Kier molecular flexibility index (Phi) is 6.27. The highest BCUT2D eigenvalue weighted by Crippen LogP contribution is 2.32. The summed E-state index contributed by atoms with van der Waals surface area (Å²) in [5.74, 6) is 0.560. The first-order chi connectivity index (χ1) is 13.3. The highest BCUT2D eigenvalue weighted by atomic mass is 35.5. The Labute approximate surface area is 173 Å². The molecule has 1 aromatic carbocycles. The van der Waals surface area contributed by atoms with Gasteiger partial charge in [-0.2, -0.15) is 0 Å². The Morgan fingerprint density at radius 1 is 1.21 bits per heavy atom. The van der Waals surface area contributed by atoms with Crippen LogP contribution in [0.3, 0.4) is 0 Å². The lowest BCUT2D eigenvalue weighted by Gasteiger charge is -2.20. The molecule has 2 aromatic rings. The van der Waals surface area contributed by atoms with E-state index in [9.17, 15) is 9.90 Å². The summed E-state index contributed by atoms with van der Waals surface area (Å²) in [4.78, 5) is 21.9. The minimum Gasteiger partial charge on any atom is -0.465 e. The first-order valence-electron chi connectivity index (χ1n) is 9.11. The number of nitrogens with one attached hydrogen (secondary N) is 1. The standard InChI is InChI=1S/C19H22Cl2N4O3/c1-3-13-17(11-6-5-10(20)7-12(11)21)22-14(4-2)18(23-13)24-15-8-25(19(27)28)9-16(15)26/h5-7,15-16,26H,3-4,8-9H2,1-2H3,(H,23,24)(H,27,28)/t15-,16-/m0/s1. The Bertz CT molecular complexity index is 894. The van der Waals surface area contributed by atoms with E-state index in [-0.39, 0.29) is 13.1 Å². The SMILES string of the molecule is CCc1nc(-c2ccc(Cl)cc2Cl)c(CC)nc1N[C@H]1CN(C(=O)O)C[C@@H]1O. The zero-order valence-electron chi connectivity index (χ0n) is 15.6. The third kappa shape index (κ3) is 4.16. The zero-order chi connectivity index (χ0) is 20.4. The fraction of sp³-hybridized carbons (Fsp3) is 0.421. The maximum Gasteiger partial charge on any atom is 0.407 e. The molecule has 1 fully saturated rings. The van der Waals surface area contributed by atoms with E-state index < -0.39 is 18.2 Å². The van der Waals surface area contributed by atoms with E-state index in [2.05, 4.69) is 5.32 Å². The van der Waals surface area contributed by atoms with E-state index in [1.165, 1.54) is 4.90 Å². The number of hydrogen-bond donors (Lipinski definition) is 3. The number of aromatic nitrogens is 2. The van der Waals surface area contributed by atoms with Crippen molar-refractivity contribution in [3.8, 4) is 11.3 Å². The van der Waals surface area contributed by atoms with E-state index in [1.807, 2.05) is 19.9 Å². The number of carboxylic acid groups (broad SMARTS) is 1. The van der Waals surface area contributed by atoms with Crippen LogP contribution in [0, 0.1) is 0 Å². The number of β-amino-alcohol motifs (C(OH)–C–C–N with tert-alkyl or cyclic N) is 1. The van der Waals surface area contributed by atoms with Crippen molar-refractivity contribution in [1.29, 1.82) is 0 Å². The van der Waals surface area contributed by atoms with Crippen molar-refractivity contribution in [2.75, 3.05) is 18.4 Å². The predicted octanol–water partition coefficient (Wildman–Crippen LogP) is 3.71. The average Bonchev–Trinajstić information content (AvgIpc) is 3.02. The number of aliphatic hydroxyl groups excluding tert-OH is 1. The van der Waals surface area contributed by atoms with Crippen molar-refractivity contribution in [3.05, 3.63) is 39.6 Å². The van der Waals surface area contributed by atoms with E-state index in [0.29, 0.717) is 34.4 Å². The van der Waals surface area contributed by atoms with Crippen LogP contribution in [-0.2, 0) is 12.8 Å². The molecule has 2 atom stereocenters. The molecule has 0 unspecified atom stereocenters. The molecule has 28 heavy (non-hydrogen) atoms. The maximum absolute atomic E-state index is 11.2. The molecule has 7 nitrogen and oxygen atoms in total. The second-order valence-electron chi connectivity index (χ2n) is 6.65. The van der Waals surface area contributed by atoms with Crippen LogP contribution in [0.2, 0.25) is 10.0 Å². The molecule has 0 bridgehead atoms. The van der Waals surface area contributed by atoms with Crippen molar-refractivity contribution in [3.63, 3.8) is 0 Å². The van der Waals surface area contributed by atoms with Crippen LogP contribution in [0.1, 0.15) is 25.2 Å². The number of amides is 1. The van der Waals surface area contributed by atoms with Gasteiger partial charge >= 0.3 is 6.09 Å². The maximum atomic E-state index is 11.2. The summed E-state index contributed by atoms with van der Waals surface area (Å²) in [5, 5.41) is 23.6. The smallest absolute Gasteiger partial charge is 0.407 e. The number of aryl methyl sites for hydroxylation is 2. The molecule has 1 saturated heterocycles. The fourth-order valence-electron chi connectivity index (χ4n) is 3.27. The first-order valence-corrected chi connectivity index (χ1v) is 9.87. The van der Waals surface area contributed by atoms with Gasteiger partial charge in [-0.3, -0.25) is 0 Å². The number of aliphatic hydroxyl groups is 1. The molecule has 0 radical (unpaired) electrons. The highest BCUT2D eigenvalue weighted by molar-refractivity contribution is 6.36. The lowest BCUT2D eigenvalue weighted by atomic mass is 10.1. The molecule has 150 valence electrons. The zero-order valence-corrected chi connectivity index (χ0v) is 17.1. The van der Waals surface area contributed by atoms with Gasteiger partial charge < -0.3 is 20.4 Å². The minimum atomic E-state index is -1.05. The van der Waals surface area contributed by atoms with Gasteiger partial charge in [0.2, 0.25) is 0 Å². The average molecular weight is 425 g/mol. The van der Waals surface area contributed by atoms with Gasteiger partial charge in [-0.25, -0.2) is 14.8 Å². The molecule has 1 aliphatic rings. The number of halogens is 2. The van der Waals surface area contributed by atoms with Crippen LogP contribution in [-0.4, -0.2) is 56.4 Å². The Morgan fingerprint density at radius 2 is 1.93 bits per heavy atom. The van der Waals surface area contributed by atoms with Crippen molar-refractivity contribution in [2.24, 2.45) is 0 Å². The monoisotopic (exact) mass is 424 g/mol. The lowest BCUT2D eigenvalue weighted by molar-refractivity contribution is 0.139. The third-order valence-corrected chi connectivity index (χ3v) is 5.33. The molecule has 1 amide bonds. The number of carbonyl (C=O) groups is 1. The predicted molar refractivity (Wildman–Crippen MR) is 109 cm³/mol. The summed E-state index contributed by atoms with van der Waals surface area (Å²) >= 11 is 12.4. The normalized spacial score (nSPS) is 19.1. The molecule has 0 aliphatic carbocycles. The van der Waals surface area contributed by atoms with Crippen LogP contribution < -0.4 is 5.32 Å².